The Bertz CT molecular complexity index is 776. The Morgan fingerprint density at radius 1 is 1.38 bits per heavy atom. The minimum Gasteiger partial charge on any atom is -0.392 e. The standard InChI is InChI=1S/C13H13N5O3/c14-2-7-3-18(13-9(7)12(15)16-5-17-13)8-1-6(4-19)10(20)11(8)21/h1,3,5,8,10-11,19-21H,4H2,(H2,15,16,17)/t8-,10?,11?/m1/s1. The van der Waals surface area contributed by atoms with Crippen LogP contribution in [0, 0.1) is 11.3 Å². The summed E-state index contributed by atoms with van der Waals surface area (Å²) in [7, 11) is 0. The number of nitrogens with zero attached hydrogens (tertiary/aromatic N) is 4. The number of aliphatic hydroxyl groups excluding tert-OH is 3. The van der Waals surface area contributed by atoms with Gasteiger partial charge in [0.1, 0.15) is 36.1 Å². The van der Waals surface area contributed by atoms with Crippen LogP contribution >= 0.6 is 0 Å². The first-order valence-corrected chi connectivity index (χ1v) is 6.27. The normalized spacial score (nSPS) is 25.0. The van der Waals surface area contributed by atoms with Gasteiger partial charge in [-0.05, 0) is 5.57 Å². The molecule has 108 valence electrons. The predicted molar refractivity (Wildman–Crippen MR) is 72.9 cm³/mol. The van der Waals surface area contributed by atoms with Crippen LogP contribution in [0.15, 0.2) is 24.2 Å². The summed E-state index contributed by atoms with van der Waals surface area (Å²) >= 11 is 0. The van der Waals surface area contributed by atoms with Gasteiger partial charge in [0.15, 0.2) is 0 Å². The summed E-state index contributed by atoms with van der Waals surface area (Å²) in [5.41, 5.74) is 6.79. The zero-order chi connectivity index (χ0) is 15.1. The maximum atomic E-state index is 10.1. The summed E-state index contributed by atoms with van der Waals surface area (Å²) in [5.74, 6) is 0.176. The van der Waals surface area contributed by atoms with Gasteiger partial charge in [0.05, 0.1) is 23.6 Å². The quantitative estimate of drug-likeness (QED) is 0.523. The van der Waals surface area contributed by atoms with Crippen molar-refractivity contribution in [2.24, 2.45) is 0 Å². The van der Waals surface area contributed by atoms with Crippen molar-refractivity contribution in [1.82, 2.24) is 14.5 Å². The van der Waals surface area contributed by atoms with E-state index in [2.05, 4.69) is 9.97 Å². The van der Waals surface area contributed by atoms with Crippen LogP contribution in [-0.4, -0.2) is 48.7 Å². The number of hydrogen-bond acceptors (Lipinski definition) is 7. The Morgan fingerprint density at radius 2 is 2.14 bits per heavy atom. The van der Waals surface area contributed by atoms with Gasteiger partial charge < -0.3 is 25.6 Å². The van der Waals surface area contributed by atoms with E-state index < -0.39 is 18.2 Å². The second-order valence-electron chi connectivity index (χ2n) is 4.85. The van der Waals surface area contributed by atoms with Crippen LogP contribution < -0.4 is 5.73 Å². The number of hydrogen-bond donors (Lipinski definition) is 4. The lowest BCUT2D eigenvalue weighted by Crippen LogP contribution is -2.30. The number of rotatable bonds is 2. The third-order valence-electron chi connectivity index (χ3n) is 3.70. The fourth-order valence-corrected chi connectivity index (χ4v) is 2.63. The van der Waals surface area contributed by atoms with E-state index in [1.807, 2.05) is 6.07 Å². The number of fused-ring (bicyclic) bond motifs is 1. The van der Waals surface area contributed by atoms with Gasteiger partial charge >= 0.3 is 0 Å². The van der Waals surface area contributed by atoms with Gasteiger partial charge in [0.25, 0.3) is 0 Å². The molecule has 0 aromatic carbocycles. The van der Waals surface area contributed by atoms with Crippen molar-refractivity contribution in [2.75, 3.05) is 12.3 Å². The Balaban J connectivity index is 2.21. The van der Waals surface area contributed by atoms with Gasteiger partial charge in [-0.3, -0.25) is 0 Å². The molecule has 0 bridgehead atoms. The molecule has 2 heterocycles. The number of anilines is 1. The van der Waals surface area contributed by atoms with E-state index in [1.54, 1.807) is 10.6 Å². The molecule has 0 aliphatic heterocycles. The highest BCUT2D eigenvalue weighted by atomic mass is 16.3. The molecule has 2 unspecified atom stereocenters. The van der Waals surface area contributed by atoms with E-state index in [4.69, 9.17) is 5.73 Å². The highest BCUT2D eigenvalue weighted by Crippen LogP contribution is 2.34. The minimum atomic E-state index is -1.15. The first kappa shape index (κ1) is 13.5. The van der Waals surface area contributed by atoms with Crippen molar-refractivity contribution in [3.63, 3.8) is 0 Å². The lowest BCUT2D eigenvalue weighted by atomic mass is 10.1. The molecule has 3 rings (SSSR count). The fourth-order valence-electron chi connectivity index (χ4n) is 2.63. The smallest absolute Gasteiger partial charge is 0.147 e. The van der Waals surface area contributed by atoms with Crippen molar-refractivity contribution in [2.45, 2.75) is 18.2 Å². The summed E-state index contributed by atoms with van der Waals surface area (Å²) < 4.78 is 1.56. The molecule has 0 radical (unpaired) electrons. The Morgan fingerprint density at radius 3 is 2.76 bits per heavy atom. The van der Waals surface area contributed by atoms with E-state index in [0.717, 1.165) is 0 Å². The van der Waals surface area contributed by atoms with Crippen LogP contribution in [0.1, 0.15) is 11.6 Å². The molecule has 2 aromatic rings. The van der Waals surface area contributed by atoms with Crippen molar-refractivity contribution >= 4 is 16.9 Å². The maximum absolute atomic E-state index is 10.1. The number of aromatic nitrogens is 3. The molecule has 0 saturated carbocycles. The zero-order valence-corrected chi connectivity index (χ0v) is 10.9. The first-order chi connectivity index (χ1) is 10.1. The molecule has 0 spiro atoms. The van der Waals surface area contributed by atoms with Gasteiger partial charge in [0, 0.05) is 6.20 Å². The van der Waals surface area contributed by atoms with Gasteiger partial charge in [0.2, 0.25) is 0 Å². The Kier molecular flexibility index (Phi) is 3.10. The van der Waals surface area contributed by atoms with E-state index in [1.165, 1.54) is 12.5 Å². The summed E-state index contributed by atoms with van der Waals surface area (Å²) in [6, 6.07) is 1.37. The monoisotopic (exact) mass is 287 g/mol. The summed E-state index contributed by atoms with van der Waals surface area (Å²) in [6.45, 7) is -0.351. The van der Waals surface area contributed by atoms with Crippen LogP contribution in [0.4, 0.5) is 5.82 Å². The highest BCUT2D eigenvalue weighted by Gasteiger charge is 2.36. The Hall–Kier alpha value is -2.47. The van der Waals surface area contributed by atoms with Gasteiger partial charge in [-0.2, -0.15) is 5.26 Å². The molecule has 0 amide bonds. The van der Waals surface area contributed by atoms with E-state index >= 15 is 0 Å². The van der Waals surface area contributed by atoms with Crippen molar-refractivity contribution in [3.8, 4) is 6.07 Å². The third kappa shape index (κ3) is 1.87. The average Bonchev–Trinajstić information content (AvgIpc) is 2.99. The molecular weight excluding hydrogens is 274 g/mol. The molecule has 3 atom stereocenters. The topological polar surface area (TPSA) is 141 Å². The average molecular weight is 287 g/mol. The minimum absolute atomic E-state index is 0.176. The molecule has 21 heavy (non-hydrogen) atoms. The number of aliphatic hydroxyl groups is 3. The van der Waals surface area contributed by atoms with E-state index in [9.17, 15) is 20.6 Å². The second kappa shape index (κ2) is 4.82. The van der Waals surface area contributed by atoms with Crippen LogP contribution in [0.2, 0.25) is 0 Å². The fraction of sp³-hybridized carbons (Fsp3) is 0.308. The van der Waals surface area contributed by atoms with Crippen LogP contribution in [0.5, 0.6) is 0 Å². The van der Waals surface area contributed by atoms with E-state index in [-0.39, 0.29) is 18.0 Å². The molecule has 1 aliphatic carbocycles. The summed E-state index contributed by atoms with van der Waals surface area (Å²) in [6.07, 6.45) is 2.05. The first-order valence-electron chi connectivity index (χ1n) is 6.27. The van der Waals surface area contributed by atoms with Crippen LogP contribution in [0.3, 0.4) is 0 Å². The SMILES string of the molecule is N#Cc1cn([C@@H]2C=C(CO)C(O)C2O)c2ncnc(N)c12. The number of nitriles is 1. The van der Waals surface area contributed by atoms with Crippen molar-refractivity contribution < 1.29 is 15.3 Å². The lowest BCUT2D eigenvalue weighted by molar-refractivity contribution is 0.0288. The van der Waals surface area contributed by atoms with Crippen molar-refractivity contribution in [3.05, 3.63) is 29.7 Å². The van der Waals surface area contributed by atoms with E-state index in [0.29, 0.717) is 16.6 Å². The zero-order valence-electron chi connectivity index (χ0n) is 10.9. The molecule has 2 aromatic heterocycles. The molecule has 8 heteroatoms. The third-order valence-corrected chi connectivity index (χ3v) is 3.70. The lowest BCUT2D eigenvalue weighted by Gasteiger charge is -2.19. The van der Waals surface area contributed by atoms with Crippen LogP contribution in [0.25, 0.3) is 11.0 Å². The molecule has 1 aliphatic rings. The number of nitrogens with two attached hydrogens (primary N) is 1. The second-order valence-corrected chi connectivity index (χ2v) is 4.85. The molecular formula is C13H13N5O3. The molecule has 0 fully saturated rings. The predicted octanol–water partition coefficient (Wildman–Crippen LogP) is -0.920. The summed E-state index contributed by atoms with van der Waals surface area (Å²) in [4.78, 5) is 7.96. The molecule has 5 N–H and O–H groups in total. The van der Waals surface area contributed by atoms with Gasteiger partial charge in [-0.25, -0.2) is 9.97 Å². The van der Waals surface area contributed by atoms with Crippen LogP contribution in [-0.2, 0) is 0 Å². The van der Waals surface area contributed by atoms with Gasteiger partial charge in [-0.1, -0.05) is 6.08 Å². The summed E-state index contributed by atoms with van der Waals surface area (Å²) in [5, 5.41) is 38.8. The van der Waals surface area contributed by atoms with Crippen molar-refractivity contribution in [1.29, 1.82) is 5.26 Å². The largest absolute Gasteiger partial charge is 0.392 e. The molecule has 8 nitrogen and oxygen atoms in total. The Labute approximate surface area is 119 Å². The van der Waals surface area contributed by atoms with Gasteiger partial charge in [-0.15, -0.1) is 0 Å². The highest BCUT2D eigenvalue weighted by molar-refractivity contribution is 5.92. The molecule has 0 saturated heterocycles. The maximum Gasteiger partial charge on any atom is 0.147 e. The number of nitrogen functional groups attached to an aromatic ring is 1.